The molecule has 2 aromatic rings. The fourth-order valence-corrected chi connectivity index (χ4v) is 2.11. The molecule has 1 aromatic carbocycles. The van der Waals surface area contributed by atoms with Gasteiger partial charge in [0.25, 0.3) is 0 Å². The lowest BCUT2D eigenvalue weighted by atomic mass is 10.1. The summed E-state index contributed by atoms with van der Waals surface area (Å²) in [4.78, 5) is 0. The zero-order valence-electron chi connectivity index (χ0n) is 7.27. The fourth-order valence-electron chi connectivity index (χ4n) is 1.27. The van der Waals surface area contributed by atoms with Gasteiger partial charge in [-0.05, 0) is 36.1 Å². The quantitative estimate of drug-likeness (QED) is 0.622. The van der Waals surface area contributed by atoms with Gasteiger partial charge in [0.15, 0.2) is 0 Å². The van der Waals surface area contributed by atoms with Crippen LogP contribution in [0.3, 0.4) is 0 Å². The molecule has 73 valence electrons. The van der Waals surface area contributed by atoms with Crippen LogP contribution in [0.5, 0.6) is 0 Å². The van der Waals surface area contributed by atoms with E-state index in [-0.39, 0.29) is 0 Å². The molecule has 1 heterocycles. The number of rotatable bonds is 0. The summed E-state index contributed by atoms with van der Waals surface area (Å²) in [5, 5.41) is 3.57. The number of halogens is 3. The zero-order valence-corrected chi connectivity index (χ0v) is 8.09. The minimum absolute atomic E-state index is 0.597. The summed E-state index contributed by atoms with van der Waals surface area (Å²) in [7, 11) is 0. The number of fused-ring (bicyclic) bond motifs is 1. The van der Waals surface area contributed by atoms with E-state index in [4.69, 9.17) is 0 Å². The highest BCUT2D eigenvalue weighted by atomic mass is 32.1. The molecule has 0 fully saturated rings. The maximum atomic E-state index is 12.3. The van der Waals surface area contributed by atoms with Gasteiger partial charge in [0.05, 0.1) is 5.56 Å². The van der Waals surface area contributed by atoms with E-state index < -0.39 is 11.7 Å². The lowest BCUT2D eigenvalue weighted by molar-refractivity contribution is -0.137. The first-order valence-corrected chi connectivity index (χ1v) is 4.78. The lowest BCUT2D eigenvalue weighted by Gasteiger charge is -2.06. The second-order valence-electron chi connectivity index (χ2n) is 3.04. The van der Waals surface area contributed by atoms with Crippen LogP contribution in [-0.2, 0) is 6.18 Å². The van der Waals surface area contributed by atoms with Gasteiger partial charge in [-0.25, -0.2) is 0 Å². The van der Waals surface area contributed by atoms with Gasteiger partial charge in [-0.1, -0.05) is 0 Å². The molecule has 4 heteroatoms. The van der Waals surface area contributed by atoms with Crippen molar-refractivity contribution in [3.05, 3.63) is 34.7 Å². The van der Waals surface area contributed by atoms with Crippen molar-refractivity contribution in [2.75, 3.05) is 0 Å². The zero-order chi connectivity index (χ0) is 10.3. The van der Waals surface area contributed by atoms with Gasteiger partial charge in [-0.2, -0.15) is 13.2 Å². The largest absolute Gasteiger partial charge is 0.416 e. The number of benzene rings is 1. The monoisotopic (exact) mass is 215 g/mol. The van der Waals surface area contributed by atoms with Crippen LogP contribution < -0.4 is 0 Å². The number of hydrogen-bond acceptors (Lipinski definition) is 1. The van der Waals surface area contributed by atoms with E-state index in [9.17, 15) is 13.2 Å². The number of alkyl halides is 3. The van der Waals surface area contributed by atoms with Crippen molar-refractivity contribution in [2.45, 2.75) is 13.1 Å². The molecule has 0 spiro atoms. The van der Waals surface area contributed by atoms with Gasteiger partial charge in [-0.15, -0.1) is 11.3 Å². The highest BCUT2D eigenvalue weighted by Crippen LogP contribution is 2.33. The van der Waals surface area contributed by atoms with Gasteiger partial charge >= 0.3 is 6.18 Å². The Bertz CT molecular complexity index is 468. The molecule has 2 rings (SSSR count). The van der Waals surface area contributed by atoms with Crippen LogP contribution in [0.4, 0.5) is 13.2 Å². The summed E-state index contributed by atoms with van der Waals surface area (Å²) < 4.78 is 37.9. The van der Waals surface area contributed by atoms with Crippen molar-refractivity contribution in [3.63, 3.8) is 0 Å². The topological polar surface area (TPSA) is 0 Å². The Morgan fingerprint density at radius 1 is 1.29 bits per heavy atom. The number of hydrogen-bond donors (Lipinski definition) is 0. The fraction of sp³-hybridized carbons (Fsp3) is 0.200. The average Bonchev–Trinajstić information content (AvgIpc) is 2.46. The van der Waals surface area contributed by atoms with Crippen molar-refractivity contribution >= 4 is 21.4 Å². The molecule has 0 saturated carbocycles. The van der Waals surface area contributed by atoms with Crippen LogP contribution in [0.1, 0.15) is 11.1 Å². The molecular formula is C10H6F3S. The normalized spacial score (nSPS) is 12.3. The first-order chi connectivity index (χ1) is 6.48. The van der Waals surface area contributed by atoms with E-state index in [1.807, 2.05) is 0 Å². The predicted octanol–water partition coefficient (Wildman–Crippen LogP) is 4.03. The number of aryl methyl sites for hydroxylation is 1. The van der Waals surface area contributed by atoms with Crippen molar-refractivity contribution in [3.8, 4) is 0 Å². The van der Waals surface area contributed by atoms with Gasteiger partial charge in [-0.3, -0.25) is 0 Å². The summed E-state index contributed by atoms with van der Waals surface area (Å²) in [6.07, 6.45) is -4.26. The van der Waals surface area contributed by atoms with Crippen LogP contribution in [0.25, 0.3) is 10.1 Å². The van der Waals surface area contributed by atoms with Crippen LogP contribution in [0.15, 0.2) is 18.2 Å². The Labute approximate surface area is 83.0 Å². The summed E-state index contributed by atoms with van der Waals surface area (Å²) in [6, 6.07) is 3.77. The molecular weight excluding hydrogens is 209 g/mol. The molecule has 0 atom stereocenters. The summed E-state index contributed by atoms with van der Waals surface area (Å²) in [5.41, 5.74) is 0.177. The van der Waals surface area contributed by atoms with Crippen LogP contribution in [0, 0.1) is 12.3 Å². The first-order valence-electron chi connectivity index (χ1n) is 3.96. The van der Waals surface area contributed by atoms with Crippen molar-refractivity contribution in [2.24, 2.45) is 0 Å². The van der Waals surface area contributed by atoms with Crippen molar-refractivity contribution in [1.29, 1.82) is 0 Å². The molecule has 1 aromatic heterocycles. The molecule has 0 amide bonds. The van der Waals surface area contributed by atoms with Crippen LogP contribution in [0.2, 0.25) is 0 Å². The molecule has 0 aliphatic heterocycles. The lowest BCUT2D eigenvalue weighted by Crippen LogP contribution is -2.03. The Kier molecular flexibility index (Phi) is 2.03. The van der Waals surface area contributed by atoms with Gasteiger partial charge in [0.2, 0.25) is 0 Å². The molecule has 0 nitrogen and oxygen atoms in total. The molecule has 0 aliphatic rings. The molecule has 0 bridgehead atoms. The second-order valence-corrected chi connectivity index (χ2v) is 3.89. The van der Waals surface area contributed by atoms with E-state index in [1.165, 1.54) is 23.5 Å². The van der Waals surface area contributed by atoms with Crippen LogP contribution in [-0.4, -0.2) is 0 Å². The van der Waals surface area contributed by atoms with Gasteiger partial charge in [0.1, 0.15) is 0 Å². The Hall–Kier alpha value is -1.03. The molecule has 0 aliphatic carbocycles. The molecule has 1 radical (unpaired) electrons. The van der Waals surface area contributed by atoms with Gasteiger partial charge in [0, 0.05) is 10.1 Å². The minimum Gasteiger partial charge on any atom is -0.166 e. The molecule has 0 N–H and O–H groups in total. The Balaban J connectivity index is 2.66. The van der Waals surface area contributed by atoms with E-state index in [1.54, 1.807) is 6.92 Å². The molecule has 14 heavy (non-hydrogen) atoms. The summed E-state index contributed by atoms with van der Waals surface area (Å²) in [6.45, 7) is 1.76. The summed E-state index contributed by atoms with van der Waals surface area (Å²) in [5.74, 6) is 0. The molecule has 0 unspecified atom stereocenters. The van der Waals surface area contributed by atoms with E-state index >= 15 is 0 Å². The SMILES string of the molecule is Cc1[c]sc2ccc(C(F)(F)F)cc12. The smallest absolute Gasteiger partial charge is 0.166 e. The predicted molar refractivity (Wildman–Crippen MR) is 50.4 cm³/mol. The second kappa shape index (κ2) is 2.98. The first kappa shape index (κ1) is 9.52. The molecule has 0 saturated heterocycles. The van der Waals surface area contributed by atoms with E-state index in [0.29, 0.717) is 5.39 Å². The highest BCUT2D eigenvalue weighted by Gasteiger charge is 2.30. The third-order valence-electron chi connectivity index (χ3n) is 2.02. The van der Waals surface area contributed by atoms with E-state index in [2.05, 4.69) is 5.38 Å². The third kappa shape index (κ3) is 1.50. The Morgan fingerprint density at radius 2 is 2.00 bits per heavy atom. The van der Waals surface area contributed by atoms with Gasteiger partial charge < -0.3 is 0 Å². The van der Waals surface area contributed by atoms with Crippen LogP contribution >= 0.6 is 11.3 Å². The number of thiophene rings is 1. The average molecular weight is 215 g/mol. The highest BCUT2D eigenvalue weighted by molar-refractivity contribution is 7.16. The maximum absolute atomic E-state index is 12.3. The van der Waals surface area contributed by atoms with Crippen molar-refractivity contribution in [1.82, 2.24) is 0 Å². The minimum atomic E-state index is -4.26. The van der Waals surface area contributed by atoms with E-state index in [0.717, 1.165) is 16.3 Å². The standard InChI is InChI=1S/C10H6F3S/c1-6-5-14-9-3-2-7(4-8(6)9)10(11,12)13/h2-4H,1H3. The third-order valence-corrected chi connectivity index (χ3v) is 3.01. The maximum Gasteiger partial charge on any atom is 0.416 e. The summed E-state index contributed by atoms with van der Waals surface area (Å²) >= 11 is 1.34. The van der Waals surface area contributed by atoms with Crippen molar-refractivity contribution < 1.29 is 13.2 Å². The Morgan fingerprint density at radius 3 is 2.64 bits per heavy atom.